The Morgan fingerprint density at radius 3 is 2.44 bits per heavy atom. The quantitative estimate of drug-likeness (QED) is 0.253. The molecule has 0 spiro atoms. The Morgan fingerprint density at radius 2 is 1.94 bits per heavy atom. The first-order valence-corrected chi connectivity index (χ1v) is 10.5. The normalized spacial score (nSPS) is 11.5. The van der Waals surface area contributed by atoms with E-state index in [0.29, 0.717) is 18.0 Å². The Labute approximate surface area is 202 Å². The van der Waals surface area contributed by atoms with Crippen LogP contribution in [0.4, 0.5) is 34.1 Å². The molecule has 2 aromatic carbocycles. The molecule has 0 radical (unpaired) electrons. The molecule has 34 heavy (non-hydrogen) atoms. The summed E-state index contributed by atoms with van der Waals surface area (Å²) in [6, 6.07) is 6.51. The topological polar surface area (TPSA) is 176 Å². The van der Waals surface area contributed by atoms with Crippen molar-refractivity contribution >= 4 is 56.0 Å². The summed E-state index contributed by atoms with van der Waals surface area (Å²) in [7, 11) is 1.42. The van der Waals surface area contributed by atoms with Gasteiger partial charge in [-0.25, -0.2) is 0 Å². The fraction of sp³-hybridized carbons (Fsp3) is 0.300. The summed E-state index contributed by atoms with van der Waals surface area (Å²) in [6.45, 7) is 5.32. The fourth-order valence-electron chi connectivity index (χ4n) is 3.06. The maximum atomic E-state index is 11.8. The van der Waals surface area contributed by atoms with Gasteiger partial charge in [0.2, 0.25) is 5.91 Å². The Bertz CT molecular complexity index is 1210. The minimum Gasteiger partial charge on any atom is -0.494 e. The zero-order chi connectivity index (χ0) is 25.6. The highest BCUT2D eigenvalue weighted by atomic mass is 79.9. The van der Waals surface area contributed by atoms with Gasteiger partial charge in [-0.15, -0.1) is 10.2 Å². The Balaban J connectivity index is 2.70. The SMILES string of the molecule is CCN(c1cc(NC(C)=O)c(N=Nc2c(Br)cc([N+](=O)[O-])cc2[N+](=O)[O-])cc1OC)C(C)C#N. The standard InChI is InChI=1S/C20H20BrN7O6/c1-5-26(11(2)10-22)17-8-15(23-12(3)29)16(9-19(17)34-4)24-25-20-14(21)6-13(27(30)31)7-18(20)28(32)33/h6-9,11H,5H2,1-4H3,(H,23,29). The second kappa shape index (κ2) is 11.1. The number of nitro benzene ring substituents is 2. The van der Waals surface area contributed by atoms with Gasteiger partial charge in [0.15, 0.2) is 5.69 Å². The number of nitro groups is 2. The number of nitrogens with one attached hydrogen (secondary N) is 1. The van der Waals surface area contributed by atoms with Crippen LogP contribution in [0.2, 0.25) is 0 Å². The largest absolute Gasteiger partial charge is 0.494 e. The molecule has 0 aliphatic rings. The van der Waals surface area contributed by atoms with Crippen LogP contribution >= 0.6 is 15.9 Å². The van der Waals surface area contributed by atoms with Crippen LogP contribution < -0.4 is 15.0 Å². The molecule has 178 valence electrons. The number of hydrogen-bond acceptors (Lipinski definition) is 10. The molecule has 1 N–H and O–H groups in total. The number of ether oxygens (including phenoxy) is 1. The lowest BCUT2D eigenvalue weighted by molar-refractivity contribution is -0.393. The number of methoxy groups -OCH3 is 1. The van der Waals surface area contributed by atoms with Gasteiger partial charge in [0, 0.05) is 25.6 Å². The van der Waals surface area contributed by atoms with E-state index in [9.17, 15) is 30.3 Å². The number of halogens is 1. The van der Waals surface area contributed by atoms with Crippen LogP contribution in [0.5, 0.6) is 5.75 Å². The third kappa shape index (κ3) is 5.81. The van der Waals surface area contributed by atoms with Gasteiger partial charge in [-0.3, -0.25) is 25.0 Å². The van der Waals surface area contributed by atoms with Crippen LogP contribution in [0.1, 0.15) is 20.8 Å². The molecular formula is C20H20BrN7O6. The molecule has 0 saturated carbocycles. The Hall–Kier alpha value is -4.12. The van der Waals surface area contributed by atoms with E-state index in [1.807, 2.05) is 6.92 Å². The van der Waals surface area contributed by atoms with Crippen molar-refractivity contribution in [3.63, 3.8) is 0 Å². The molecule has 13 nitrogen and oxygen atoms in total. The third-order valence-corrected chi connectivity index (χ3v) is 5.21. The van der Waals surface area contributed by atoms with Gasteiger partial charge in [-0.05, 0) is 35.8 Å². The summed E-state index contributed by atoms with van der Waals surface area (Å²) in [5, 5.41) is 42.5. The maximum Gasteiger partial charge on any atom is 0.304 e. The summed E-state index contributed by atoms with van der Waals surface area (Å²) < 4.78 is 5.43. The Kier molecular flexibility index (Phi) is 8.57. The highest BCUT2D eigenvalue weighted by Crippen LogP contribution is 2.43. The van der Waals surface area contributed by atoms with Crippen molar-refractivity contribution < 1.29 is 19.4 Å². The highest BCUT2D eigenvalue weighted by molar-refractivity contribution is 9.10. The molecule has 0 heterocycles. The van der Waals surface area contributed by atoms with Crippen LogP contribution in [0.3, 0.4) is 0 Å². The van der Waals surface area contributed by atoms with E-state index < -0.39 is 33.2 Å². The number of rotatable bonds is 9. The van der Waals surface area contributed by atoms with Crippen molar-refractivity contribution in [1.82, 2.24) is 0 Å². The number of carbonyl (C=O) groups excluding carboxylic acids is 1. The third-order valence-electron chi connectivity index (χ3n) is 4.61. The van der Waals surface area contributed by atoms with E-state index in [2.05, 4.69) is 37.5 Å². The summed E-state index contributed by atoms with van der Waals surface area (Å²) in [6.07, 6.45) is 0. The van der Waals surface area contributed by atoms with E-state index in [4.69, 9.17) is 4.74 Å². The molecule has 0 aliphatic carbocycles. The molecule has 2 rings (SSSR count). The smallest absolute Gasteiger partial charge is 0.304 e. The van der Waals surface area contributed by atoms with Crippen molar-refractivity contribution in [2.24, 2.45) is 10.2 Å². The van der Waals surface area contributed by atoms with Gasteiger partial charge < -0.3 is 15.0 Å². The monoisotopic (exact) mass is 533 g/mol. The average molecular weight is 534 g/mol. The van der Waals surface area contributed by atoms with Gasteiger partial charge in [0.1, 0.15) is 17.5 Å². The molecule has 1 unspecified atom stereocenters. The number of carbonyl (C=O) groups is 1. The summed E-state index contributed by atoms with van der Waals surface area (Å²) in [4.78, 5) is 34.5. The lowest BCUT2D eigenvalue weighted by Crippen LogP contribution is -2.32. The molecule has 0 saturated heterocycles. The van der Waals surface area contributed by atoms with Gasteiger partial charge in [-0.2, -0.15) is 5.26 Å². The predicted molar refractivity (Wildman–Crippen MR) is 127 cm³/mol. The maximum absolute atomic E-state index is 11.8. The van der Waals surface area contributed by atoms with Gasteiger partial charge in [0.25, 0.3) is 5.69 Å². The van der Waals surface area contributed by atoms with Gasteiger partial charge >= 0.3 is 5.69 Å². The van der Waals surface area contributed by atoms with Crippen LogP contribution in [-0.4, -0.2) is 35.5 Å². The first-order chi connectivity index (χ1) is 16.0. The lowest BCUT2D eigenvalue weighted by Gasteiger charge is -2.28. The van der Waals surface area contributed by atoms with E-state index in [1.165, 1.54) is 20.1 Å². The van der Waals surface area contributed by atoms with Crippen LogP contribution in [0.25, 0.3) is 0 Å². The molecule has 1 atom stereocenters. The van der Waals surface area contributed by atoms with Crippen LogP contribution in [-0.2, 0) is 4.79 Å². The second-order valence-corrected chi connectivity index (χ2v) is 7.68. The van der Waals surface area contributed by atoms with Crippen LogP contribution in [0.15, 0.2) is 39.0 Å². The Morgan fingerprint density at radius 1 is 1.26 bits per heavy atom. The highest BCUT2D eigenvalue weighted by Gasteiger charge is 2.24. The fourth-order valence-corrected chi connectivity index (χ4v) is 3.58. The molecule has 0 bridgehead atoms. The minimum atomic E-state index is -0.813. The van der Waals surface area contributed by atoms with E-state index in [0.717, 1.165) is 12.1 Å². The van der Waals surface area contributed by atoms with E-state index >= 15 is 0 Å². The van der Waals surface area contributed by atoms with Crippen molar-refractivity contribution in [3.8, 4) is 11.8 Å². The number of hydrogen-bond donors (Lipinski definition) is 1. The van der Waals surface area contributed by atoms with Gasteiger partial charge in [0.05, 0.1) is 44.9 Å². The van der Waals surface area contributed by atoms with Crippen molar-refractivity contribution in [3.05, 3.63) is 49.0 Å². The number of azo groups is 1. The van der Waals surface area contributed by atoms with Crippen molar-refractivity contribution in [1.29, 1.82) is 5.26 Å². The molecule has 0 fully saturated rings. The summed E-state index contributed by atoms with van der Waals surface area (Å²) in [5.41, 5.74) is -0.527. The second-order valence-electron chi connectivity index (χ2n) is 6.82. The van der Waals surface area contributed by atoms with Crippen molar-refractivity contribution in [2.75, 3.05) is 23.9 Å². The molecule has 14 heteroatoms. The number of nitriles is 1. The average Bonchev–Trinajstić information content (AvgIpc) is 2.78. The number of anilines is 2. The number of amides is 1. The number of nitrogens with zero attached hydrogens (tertiary/aromatic N) is 6. The summed E-state index contributed by atoms with van der Waals surface area (Å²) in [5.74, 6) is -0.0873. The van der Waals surface area contributed by atoms with Crippen LogP contribution in [0, 0.1) is 31.6 Å². The lowest BCUT2D eigenvalue weighted by atomic mass is 10.1. The minimum absolute atomic E-state index is 0.0122. The number of benzene rings is 2. The predicted octanol–water partition coefficient (Wildman–Crippen LogP) is 5.39. The number of non-ortho nitro benzene ring substituents is 1. The zero-order valence-electron chi connectivity index (χ0n) is 18.6. The first kappa shape index (κ1) is 26.1. The van der Waals surface area contributed by atoms with Crippen molar-refractivity contribution in [2.45, 2.75) is 26.8 Å². The summed E-state index contributed by atoms with van der Waals surface area (Å²) >= 11 is 3.06. The molecule has 0 aromatic heterocycles. The van der Waals surface area contributed by atoms with Gasteiger partial charge in [-0.1, -0.05) is 0 Å². The zero-order valence-corrected chi connectivity index (χ0v) is 20.2. The first-order valence-electron chi connectivity index (χ1n) is 9.73. The molecular weight excluding hydrogens is 514 g/mol. The van der Waals surface area contributed by atoms with E-state index in [1.54, 1.807) is 17.9 Å². The molecule has 2 aromatic rings. The molecule has 0 aliphatic heterocycles. The molecule has 1 amide bonds. The van der Waals surface area contributed by atoms with E-state index in [-0.39, 0.29) is 21.5 Å².